The number of allylic oxidation sites excluding steroid dienone is 1. The zero-order valence-electron chi connectivity index (χ0n) is 11.8. The van der Waals surface area contributed by atoms with Crippen LogP contribution in [-0.2, 0) is 14.4 Å². The lowest BCUT2D eigenvalue weighted by molar-refractivity contribution is -0.144. The van der Waals surface area contributed by atoms with Gasteiger partial charge in [-0.2, -0.15) is 0 Å². The molecule has 0 aromatic rings. The fourth-order valence-corrected chi connectivity index (χ4v) is 4.98. The normalized spacial score (nSPS) is 39.1. The average molecular weight is 323 g/mol. The lowest BCUT2D eigenvalue weighted by Crippen LogP contribution is -2.75. The molecule has 5 atom stereocenters. The Kier molecular flexibility index (Phi) is 3.19. The van der Waals surface area contributed by atoms with E-state index in [0.29, 0.717) is 12.3 Å². The minimum Gasteiger partial charge on any atom is -0.477 e. The van der Waals surface area contributed by atoms with Crippen molar-refractivity contribution < 1.29 is 19.5 Å². The molecule has 0 saturated carbocycles. The summed E-state index contributed by atoms with van der Waals surface area (Å²) >= 11 is 1.24. The van der Waals surface area contributed by atoms with Gasteiger partial charge in [-0.05, 0) is 18.8 Å². The van der Waals surface area contributed by atoms with Gasteiger partial charge >= 0.3 is 5.97 Å². The van der Waals surface area contributed by atoms with Crippen molar-refractivity contribution in [2.24, 2.45) is 5.92 Å². The lowest BCUT2D eigenvalue weighted by Gasteiger charge is -2.55. The molecule has 4 aliphatic heterocycles. The molecule has 4 rings (SSSR count). The molecule has 3 fully saturated rings. The first kappa shape index (κ1) is 14.1. The predicted octanol–water partition coefficient (Wildman–Crippen LogP) is -0.852. The van der Waals surface area contributed by atoms with Crippen molar-refractivity contribution in [3.05, 3.63) is 11.8 Å². The maximum absolute atomic E-state index is 12.6. The summed E-state index contributed by atoms with van der Waals surface area (Å²) in [5, 5.41) is 15.5. The number of carbonyl (C=O) groups is 3. The van der Waals surface area contributed by atoms with Gasteiger partial charge in [-0.25, -0.2) is 4.79 Å². The summed E-state index contributed by atoms with van der Waals surface area (Å²) in [5.74, 6) is -0.149. The number of carbonyl (C=O) groups excluding carboxylic acids is 2. The molecular formula is C14H17N3O4S. The molecule has 4 aliphatic rings. The first-order chi connectivity index (χ1) is 10.6. The van der Waals surface area contributed by atoms with Gasteiger partial charge in [-0.15, -0.1) is 0 Å². The van der Waals surface area contributed by atoms with Crippen molar-refractivity contribution in [3.8, 4) is 0 Å². The highest BCUT2D eigenvalue weighted by atomic mass is 32.2. The van der Waals surface area contributed by atoms with Crippen LogP contribution < -0.4 is 10.6 Å². The van der Waals surface area contributed by atoms with Crippen LogP contribution >= 0.6 is 11.8 Å². The van der Waals surface area contributed by atoms with Crippen molar-refractivity contribution >= 4 is 28.8 Å². The van der Waals surface area contributed by atoms with Crippen molar-refractivity contribution in [2.75, 3.05) is 12.3 Å². The Bertz CT molecular complexity index is 593. The maximum Gasteiger partial charge on any atom is 0.351 e. The summed E-state index contributed by atoms with van der Waals surface area (Å²) < 4.78 is 0. The summed E-state index contributed by atoms with van der Waals surface area (Å²) in [6.45, 7) is 0.803. The lowest BCUT2D eigenvalue weighted by atomic mass is 9.77. The third kappa shape index (κ3) is 1.90. The van der Waals surface area contributed by atoms with Gasteiger partial charge in [0.25, 0.3) is 0 Å². The molecule has 0 bridgehead atoms. The zero-order chi connectivity index (χ0) is 15.4. The summed E-state index contributed by atoms with van der Waals surface area (Å²) in [6, 6.07) is -0.899. The Morgan fingerprint density at radius 2 is 2.27 bits per heavy atom. The number of aliphatic carboxylic acids is 1. The van der Waals surface area contributed by atoms with Crippen LogP contribution in [0.3, 0.4) is 0 Å². The number of carboxylic acids is 1. The van der Waals surface area contributed by atoms with Gasteiger partial charge in [0, 0.05) is 12.3 Å². The number of hydrogen-bond donors (Lipinski definition) is 3. The van der Waals surface area contributed by atoms with Crippen LogP contribution in [0, 0.1) is 5.92 Å². The van der Waals surface area contributed by atoms with Crippen molar-refractivity contribution in [1.29, 1.82) is 0 Å². The van der Waals surface area contributed by atoms with Crippen LogP contribution in [0.2, 0.25) is 0 Å². The Morgan fingerprint density at radius 3 is 2.95 bits per heavy atom. The molecule has 22 heavy (non-hydrogen) atoms. The quantitative estimate of drug-likeness (QED) is 0.622. The third-order valence-corrected chi connectivity index (χ3v) is 6.07. The van der Waals surface area contributed by atoms with Crippen LogP contribution in [0.25, 0.3) is 0 Å². The minimum atomic E-state index is -0.992. The SMILES string of the molecule is O=C(O)C1=CCC2CNC3C(C(=O)N[C@H]4CCSC4=O)N1C23. The van der Waals surface area contributed by atoms with E-state index in [-0.39, 0.29) is 28.8 Å². The zero-order valence-corrected chi connectivity index (χ0v) is 12.6. The van der Waals surface area contributed by atoms with Crippen molar-refractivity contribution in [3.63, 3.8) is 0 Å². The summed E-state index contributed by atoms with van der Waals surface area (Å²) in [4.78, 5) is 37.4. The van der Waals surface area contributed by atoms with Crippen LogP contribution in [0.5, 0.6) is 0 Å². The molecule has 0 radical (unpaired) electrons. The van der Waals surface area contributed by atoms with Gasteiger partial charge in [0.2, 0.25) is 11.0 Å². The van der Waals surface area contributed by atoms with Gasteiger partial charge in [0.1, 0.15) is 11.7 Å². The number of thioether (sulfide) groups is 1. The van der Waals surface area contributed by atoms with Crippen LogP contribution in [0.4, 0.5) is 0 Å². The van der Waals surface area contributed by atoms with E-state index in [1.165, 1.54) is 11.8 Å². The summed E-state index contributed by atoms with van der Waals surface area (Å²) in [5.41, 5.74) is 0.216. The summed E-state index contributed by atoms with van der Waals surface area (Å²) in [7, 11) is 0. The first-order valence-corrected chi connectivity index (χ1v) is 8.48. The van der Waals surface area contributed by atoms with Crippen LogP contribution in [-0.4, -0.2) is 63.5 Å². The molecule has 7 nitrogen and oxygen atoms in total. The maximum atomic E-state index is 12.6. The molecule has 118 valence electrons. The summed E-state index contributed by atoms with van der Waals surface area (Å²) in [6.07, 6.45) is 3.09. The molecule has 1 amide bonds. The van der Waals surface area contributed by atoms with E-state index in [1.54, 1.807) is 11.0 Å². The van der Waals surface area contributed by atoms with E-state index in [9.17, 15) is 19.5 Å². The number of rotatable bonds is 3. The second-order valence-corrected chi connectivity index (χ2v) is 7.28. The molecular weight excluding hydrogens is 306 g/mol. The molecule has 0 spiro atoms. The van der Waals surface area contributed by atoms with E-state index in [2.05, 4.69) is 10.6 Å². The second kappa shape index (κ2) is 4.99. The molecule has 4 unspecified atom stereocenters. The van der Waals surface area contributed by atoms with Crippen LogP contribution in [0.15, 0.2) is 11.8 Å². The standard InChI is InChI=1S/C14H17N3O4S/c18-12(16-7-3-4-22-14(7)21)11-9-10-6(5-15-9)1-2-8(13(19)20)17(10)11/h2,6-7,9-11,15H,1,3-5H2,(H,16,18)(H,19,20)/t6?,7-,9?,10?,11?/m0/s1. The predicted molar refractivity (Wildman–Crippen MR) is 79.0 cm³/mol. The third-order valence-electron chi connectivity index (χ3n) is 5.06. The topological polar surface area (TPSA) is 98.7 Å². The minimum absolute atomic E-state index is 0.00544. The van der Waals surface area contributed by atoms with Gasteiger partial charge in [-0.3, -0.25) is 9.59 Å². The fraction of sp³-hybridized carbons (Fsp3) is 0.643. The number of amides is 1. The van der Waals surface area contributed by atoms with Gasteiger partial charge in [0.15, 0.2) is 0 Å². The first-order valence-electron chi connectivity index (χ1n) is 7.50. The average Bonchev–Trinajstić information content (AvgIpc) is 3.02. The molecule has 3 saturated heterocycles. The largest absolute Gasteiger partial charge is 0.477 e. The Balaban J connectivity index is 1.55. The fourth-order valence-electron chi connectivity index (χ4n) is 4.05. The highest BCUT2D eigenvalue weighted by Crippen LogP contribution is 2.43. The Morgan fingerprint density at radius 1 is 1.45 bits per heavy atom. The second-order valence-electron chi connectivity index (χ2n) is 6.18. The molecule has 4 heterocycles. The molecule has 3 N–H and O–H groups in total. The van der Waals surface area contributed by atoms with E-state index in [0.717, 1.165) is 18.7 Å². The highest BCUT2D eigenvalue weighted by molar-refractivity contribution is 8.14. The van der Waals surface area contributed by atoms with E-state index in [4.69, 9.17) is 0 Å². The van der Waals surface area contributed by atoms with Gasteiger partial charge < -0.3 is 20.6 Å². The Labute approximate surface area is 131 Å². The van der Waals surface area contributed by atoms with Crippen molar-refractivity contribution in [1.82, 2.24) is 15.5 Å². The Hall–Kier alpha value is -1.54. The molecule has 0 aromatic carbocycles. The number of carboxylic acid groups (broad SMARTS) is 1. The number of nitrogens with zero attached hydrogens (tertiary/aromatic N) is 1. The van der Waals surface area contributed by atoms with E-state index >= 15 is 0 Å². The molecule has 0 aromatic heterocycles. The molecule has 8 heteroatoms. The van der Waals surface area contributed by atoms with Crippen LogP contribution in [0.1, 0.15) is 12.8 Å². The van der Waals surface area contributed by atoms with E-state index < -0.39 is 18.1 Å². The molecule has 0 aliphatic carbocycles. The number of hydrogen-bond acceptors (Lipinski definition) is 6. The highest BCUT2D eigenvalue weighted by Gasteiger charge is 2.60. The smallest absolute Gasteiger partial charge is 0.351 e. The van der Waals surface area contributed by atoms with Crippen molar-refractivity contribution in [2.45, 2.75) is 37.0 Å². The number of nitrogens with one attached hydrogen (secondary N) is 2. The monoisotopic (exact) mass is 323 g/mol. The van der Waals surface area contributed by atoms with Gasteiger partial charge in [0.05, 0.1) is 18.1 Å². The van der Waals surface area contributed by atoms with Gasteiger partial charge in [-0.1, -0.05) is 17.8 Å². The van der Waals surface area contributed by atoms with E-state index in [1.807, 2.05) is 0 Å².